The van der Waals surface area contributed by atoms with Crippen LogP contribution in [0.2, 0.25) is 5.02 Å². The number of hydrogen-bond acceptors (Lipinski definition) is 5. The molecule has 0 saturated carbocycles. The molecule has 0 radical (unpaired) electrons. The van der Waals surface area contributed by atoms with E-state index in [4.69, 9.17) is 26.4 Å². The van der Waals surface area contributed by atoms with Gasteiger partial charge in [0.15, 0.2) is 0 Å². The van der Waals surface area contributed by atoms with Gasteiger partial charge in [-0.3, -0.25) is 0 Å². The van der Waals surface area contributed by atoms with Crippen molar-refractivity contribution in [3.8, 4) is 5.75 Å². The van der Waals surface area contributed by atoms with E-state index in [1.807, 2.05) is 36.4 Å². The summed E-state index contributed by atoms with van der Waals surface area (Å²) in [6, 6.07) is 14.0. The molecule has 3 aromatic rings. The quantitative estimate of drug-likeness (QED) is 0.535. The molecule has 0 saturated heterocycles. The van der Waals surface area contributed by atoms with Crippen LogP contribution in [0.3, 0.4) is 0 Å². The Morgan fingerprint density at radius 2 is 1.96 bits per heavy atom. The Kier molecular flexibility index (Phi) is 7.47. The Morgan fingerprint density at radius 3 is 2.70 bits per heavy atom. The average molecular weight is 405 g/mol. The van der Waals surface area contributed by atoms with Crippen LogP contribution in [0.15, 0.2) is 42.5 Å². The second-order valence-electron chi connectivity index (χ2n) is 6.40. The third-order valence-electron chi connectivity index (χ3n) is 4.43. The Hall–Kier alpha value is -1.66. The Morgan fingerprint density at radius 1 is 1.15 bits per heavy atom. The molecule has 3 rings (SSSR count). The average Bonchev–Trinajstić information content (AvgIpc) is 3.08. The van der Waals surface area contributed by atoms with E-state index < -0.39 is 0 Å². The lowest BCUT2D eigenvalue weighted by Crippen LogP contribution is -2.29. The molecular weight excluding hydrogens is 380 g/mol. The smallest absolute Gasteiger partial charge is 0.120 e. The Labute approximate surface area is 169 Å². The van der Waals surface area contributed by atoms with Crippen molar-refractivity contribution in [2.45, 2.75) is 19.8 Å². The number of halogens is 1. The van der Waals surface area contributed by atoms with E-state index in [0.29, 0.717) is 6.61 Å². The summed E-state index contributed by atoms with van der Waals surface area (Å²) in [6.45, 7) is 5.73. The van der Waals surface area contributed by atoms with E-state index in [0.717, 1.165) is 58.5 Å². The first-order chi connectivity index (χ1) is 13.2. The molecule has 0 unspecified atom stereocenters. The fraction of sp³-hybridized carbons (Fsp3) is 0.381. The fourth-order valence-corrected chi connectivity index (χ4v) is 4.07. The molecule has 0 aliphatic rings. The molecule has 0 amide bonds. The maximum atomic E-state index is 8.95. The molecule has 1 heterocycles. The third kappa shape index (κ3) is 5.91. The number of aliphatic hydroxyl groups excluding tert-OH is 1. The molecule has 27 heavy (non-hydrogen) atoms. The van der Waals surface area contributed by atoms with Gasteiger partial charge in [0.05, 0.1) is 15.2 Å². The molecule has 1 aromatic heterocycles. The SMILES string of the molecule is CCN(CCCO)CCOc1ccc2nc(Cc3ccc(Cl)cc3)sc2c1. The van der Waals surface area contributed by atoms with Crippen molar-refractivity contribution in [2.24, 2.45) is 0 Å². The zero-order valence-corrected chi connectivity index (χ0v) is 17.1. The second kappa shape index (κ2) is 10.0. The van der Waals surface area contributed by atoms with E-state index in [1.165, 1.54) is 5.56 Å². The highest BCUT2D eigenvalue weighted by Gasteiger charge is 2.07. The number of thiazole rings is 1. The van der Waals surface area contributed by atoms with Gasteiger partial charge in [0.2, 0.25) is 0 Å². The minimum Gasteiger partial charge on any atom is -0.492 e. The first-order valence-corrected chi connectivity index (χ1v) is 10.5. The standard InChI is InChI=1S/C21H25ClN2O2S/c1-2-24(10-3-12-25)11-13-26-18-8-9-19-20(15-18)27-21(23-19)14-16-4-6-17(22)7-5-16/h4-9,15,25H,2-3,10-14H2,1H3. The number of benzene rings is 2. The largest absolute Gasteiger partial charge is 0.492 e. The van der Waals surface area contributed by atoms with Gasteiger partial charge in [0.1, 0.15) is 12.4 Å². The normalized spacial score (nSPS) is 11.4. The van der Waals surface area contributed by atoms with Crippen LogP contribution in [0.4, 0.5) is 0 Å². The van der Waals surface area contributed by atoms with Crippen molar-refractivity contribution in [1.82, 2.24) is 9.88 Å². The van der Waals surface area contributed by atoms with Crippen molar-refractivity contribution in [2.75, 3.05) is 32.8 Å². The number of aliphatic hydroxyl groups is 1. The number of rotatable bonds is 10. The van der Waals surface area contributed by atoms with Crippen molar-refractivity contribution >= 4 is 33.2 Å². The summed E-state index contributed by atoms with van der Waals surface area (Å²) in [5, 5.41) is 10.8. The number of nitrogens with zero attached hydrogens (tertiary/aromatic N) is 2. The van der Waals surface area contributed by atoms with Gasteiger partial charge in [-0.1, -0.05) is 30.7 Å². The summed E-state index contributed by atoms with van der Waals surface area (Å²) in [5.41, 5.74) is 2.21. The van der Waals surface area contributed by atoms with Gasteiger partial charge in [-0.2, -0.15) is 0 Å². The number of hydrogen-bond donors (Lipinski definition) is 1. The number of ether oxygens (including phenoxy) is 1. The minimum atomic E-state index is 0.234. The van der Waals surface area contributed by atoms with Gasteiger partial charge >= 0.3 is 0 Å². The van der Waals surface area contributed by atoms with Crippen LogP contribution < -0.4 is 4.74 Å². The van der Waals surface area contributed by atoms with E-state index >= 15 is 0 Å². The van der Waals surface area contributed by atoms with Crippen LogP contribution in [0, 0.1) is 0 Å². The molecule has 2 aromatic carbocycles. The molecule has 1 N–H and O–H groups in total. The number of likely N-dealkylation sites (N-methyl/N-ethyl adjacent to an activating group) is 1. The van der Waals surface area contributed by atoms with Crippen LogP contribution >= 0.6 is 22.9 Å². The Bertz CT molecular complexity index is 851. The van der Waals surface area contributed by atoms with E-state index in [1.54, 1.807) is 11.3 Å². The summed E-state index contributed by atoms with van der Waals surface area (Å²) in [4.78, 5) is 7.01. The Balaban J connectivity index is 1.59. The van der Waals surface area contributed by atoms with Crippen LogP contribution in [-0.4, -0.2) is 47.8 Å². The minimum absolute atomic E-state index is 0.234. The van der Waals surface area contributed by atoms with Crippen molar-refractivity contribution < 1.29 is 9.84 Å². The predicted octanol–water partition coefficient (Wildman–Crippen LogP) is 4.62. The van der Waals surface area contributed by atoms with Gasteiger partial charge in [-0.25, -0.2) is 4.98 Å². The zero-order chi connectivity index (χ0) is 19.1. The fourth-order valence-electron chi connectivity index (χ4n) is 2.91. The van der Waals surface area contributed by atoms with Crippen LogP contribution in [0.1, 0.15) is 23.9 Å². The summed E-state index contributed by atoms with van der Waals surface area (Å²) in [6.07, 6.45) is 1.61. The first-order valence-electron chi connectivity index (χ1n) is 9.28. The van der Waals surface area contributed by atoms with Crippen molar-refractivity contribution in [3.05, 3.63) is 58.1 Å². The number of fused-ring (bicyclic) bond motifs is 1. The van der Waals surface area contributed by atoms with Crippen molar-refractivity contribution in [3.63, 3.8) is 0 Å². The third-order valence-corrected chi connectivity index (χ3v) is 5.70. The molecule has 0 aliphatic carbocycles. The van der Waals surface area contributed by atoms with Gasteiger partial charge < -0.3 is 14.7 Å². The maximum absolute atomic E-state index is 8.95. The lowest BCUT2D eigenvalue weighted by Gasteiger charge is -2.19. The first kappa shape index (κ1) is 20.1. The summed E-state index contributed by atoms with van der Waals surface area (Å²) in [5.74, 6) is 0.877. The van der Waals surface area contributed by atoms with E-state index in [9.17, 15) is 0 Å². The summed E-state index contributed by atoms with van der Waals surface area (Å²) in [7, 11) is 0. The van der Waals surface area contributed by atoms with E-state index in [-0.39, 0.29) is 6.61 Å². The molecular formula is C21H25ClN2O2S. The number of aromatic nitrogens is 1. The highest BCUT2D eigenvalue weighted by molar-refractivity contribution is 7.18. The maximum Gasteiger partial charge on any atom is 0.120 e. The van der Waals surface area contributed by atoms with Gasteiger partial charge in [0, 0.05) is 31.1 Å². The molecule has 6 heteroatoms. The molecule has 0 spiro atoms. The molecule has 144 valence electrons. The molecule has 0 atom stereocenters. The topological polar surface area (TPSA) is 45.6 Å². The molecule has 4 nitrogen and oxygen atoms in total. The second-order valence-corrected chi connectivity index (χ2v) is 7.95. The lowest BCUT2D eigenvalue weighted by molar-refractivity contribution is 0.195. The predicted molar refractivity (Wildman–Crippen MR) is 113 cm³/mol. The lowest BCUT2D eigenvalue weighted by atomic mass is 10.2. The highest BCUT2D eigenvalue weighted by Crippen LogP contribution is 2.28. The van der Waals surface area contributed by atoms with Gasteiger partial charge in [-0.05, 0) is 48.9 Å². The molecule has 0 aliphatic heterocycles. The van der Waals surface area contributed by atoms with Crippen LogP contribution in [0.25, 0.3) is 10.2 Å². The summed E-state index contributed by atoms with van der Waals surface area (Å²) < 4.78 is 7.07. The van der Waals surface area contributed by atoms with Gasteiger partial charge in [0.25, 0.3) is 0 Å². The highest BCUT2D eigenvalue weighted by atomic mass is 35.5. The van der Waals surface area contributed by atoms with Crippen LogP contribution in [-0.2, 0) is 6.42 Å². The van der Waals surface area contributed by atoms with E-state index in [2.05, 4.69) is 17.9 Å². The molecule has 0 fully saturated rings. The van der Waals surface area contributed by atoms with Crippen LogP contribution in [0.5, 0.6) is 5.75 Å². The molecule has 0 bridgehead atoms. The van der Waals surface area contributed by atoms with Gasteiger partial charge in [-0.15, -0.1) is 11.3 Å². The summed E-state index contributed by atoms with van der Waals surface area (Å²) >= 11 is 7.65. The van der Waals surface area contributed by atoms with Crippen molar-refractivity contribution in [1.29, 1.82) is 0 Å². The monoisotopic (exact) mass is 404 g/mol. The zero-order valence-electron chi connectivity index (χ0n) is 15.5.